The van der Waals surface area contributed by atoms with Crippen molar-refractivity contribution < 1.29 is 18.0 Å². The van der Waals surface area contributed by atoms with E-state index in [1.54, 1.807) is 24.3 Å². The van der Waals surface area contributed by atoms with Crippen molar-refractivity contribution in [1.29, 1.82) is 0 Å². The van der Waals surface area contributed by atoms with Crippen LogP contribution >= 0.6 is 0 Å². The van der Waals surface area contributed by atoms with Crippen LogP contribution in [0.25, 0.3) is 0 Å². The first-order valence-electron chi connectivity index (χ1n) is 12.7. The van der Waals surface area contributed by atoms with E-state index in [1.807, 2.05) is 60.7 Å². The molecule has 1 aliphatic rings. The van der Waals surface area contributed by atoms with Gasteiger partial charge in [-0.1, -0.05) is 72.8 Å². The second-order valence-electron chi connectivity index (χ2n) is 9.31. The number of aryl methyl sites for hydroxylation is 1. The molecule has 0 unspecified atom stereocenters. The minimum atomic E-state index is -3.46. The maximum absolute atomic E-state index is 13.1. The summed E-state index contributed by atoms with van der Waals surface area (Å²) < 4.78 is 27.4. The highest BCUT2D eigenvalue weighted by molar-refractivity contribution is 7.89. The van der Waals surface area contributed by atoms with E-state index in [0.29, 0.717) is 50.0 Å². The third-order valence-electron chi connectivity index (χ3n) is 6.58. The van der Waals surface area contributed by atoms with Crippen molar-refractivity contribution >= 4 is 27.5 Å². The van der Waals surface area contributed by atoms with Gasteiger partial charge in [-0.25, -0.2) is 12.7 Å². The summed E-state index contributed by atoms with van der Waals surface area (Å²) in [7, 11) is -3.46. The Morgan fingerprint density at radius 3 is 2.24 bits per heavy atom. The summed E-state index contributed by atoms with van der Waals surface area (Å²) in [5.41, 5.74) is 2.87. The Hall–Kier alpha value is -3.49. The van der Waals surface area contributed by atoms with Crippen LogP contribution in [0.2, 0.25) is 0 Å². The molecule has 3 aromatic rings. The van der Waals surface area contributed by atoms with Crippen LogP contribution < -0.4 is 10.6 Å². The van der Waals surface area contributed by atoms with E-state index >= 15 is 0 Å². The van der Waals surface area contributed by atoms with E-state index in [-0.39, 0.29) is 24.1 Å². The normalized spacial score (nSPS) is 16.2. The fourth-order valence-electron chi connectivity index (χ4n) is 4.54. The van der Waals surface area contributed by atoms with Gasteiger partial charge < -0.3 is 10.6 Å². The lowest BCUT2D eigenvalue weighted by atomic mass is 9.98. The zero-order valence-corrected chi connectivity index (χ0v) is 21.6. The van der Waals surface area contributed by atoms with Crippen molar-refractivity contribution in [1.82, 2.24) is 9.62 Å². The number of nitrogens with one attached hydrogen (secondary N) is 2. The number of para-hydroxylation sites is 1. The zero-order chi connectivity index (χ0) is 26.1. The fourth-order valence-corrected chi connectivity index (χ4v) is 6.12. The van der Waals surface area contributed by atoms with Crippen LogP contribution in [0.4, 0.5) is 5.69 Å². The van der Waals surface area contributed by atoms with Gasteiger partial charge in [-0.2, -0.15) is 0 Å². The second kappa shape index (κ2) is 12.7. The second-order valence-corrected chi connectivity index (χ2v) is 11.4. The van der Waals surface area contributed by atoms with Gasteiger partial charge >= 0.3 is 0 Å². The largest absolute Gasteiger partial charge is 0.348 e. The van der Waals surface area contributed by atoms with E-state index in [0.717, 1.165) is 11.1 Å². The van der Waals surface area contributed by atoms with Gasteiger partial charge in [-0.15, -0.1) is 0 Å². The molecule has 0 spiro atoms. The van der Waals surface area contributed by atoms with Crippen molar-refractivity contribution in [3.63, 3.8) is 0 Å². The number of rotatable bonds is 10. The first-order valence-corrected chi connectivity index (χ1v) is 14.3. The number of benzene rings is 3. The number of piperidine rings is 1. The standard InChI is InChI=1S/C29H33N3O4S/c33-28(31-27-18-8-7-17-26(27)29(34)30-21-24-13-5-2-6-14-24)25-16-9-19-32(22-25)37(35,36)20-10-15-23-11-3-1-4-12-23/h1-8,11-14,17-18,25H,9-10,15-16,19-22H2,(H,30,34)(H,31,33)/t25-/m0/s1. The summed E-state index contributed by atoms with van der Waals surface area (Å²) in [6.07, 6.45) is 2.45. The molecule has 1 heterocycles. The maximum atomic E-state index is 13.1. The lowest BCUT2D eigenvalue weighted by molar-refractivity contribution is -0.120. The van der Waals surface area contributed by atoms with Gasteiger partial charge in [0.15, 0.2) is 0 Å². The summed E-state index contributed by atoms with van der Waals surface area (Å²) in [6.45, 7) is 0.958. The highest BCUT2D eigenvalue weighted by Gasteiger charge is 2.32. The molecule has 0 bridgehead atoms. The molecule has 0 saturated carbocycles. The van der Waals surface area contributed by atoms with Crippen LogP contribution in [0, 0.1) is 5.92 Å². The first-order chi connectivity index (χ1) is 17.9. The Morgan fingerprint density at radius 1 is 0.865 bits per heavy atom. The number of hydrogen-bond donors (Lipinski definition) is 2. The van der Waals surface area contributed by atoms with Crippen molar-refractivity contribution in [2.24, 2.45) is 5.92 Å². The molecule has 8 heteroatoms. The first kappa shape index (κ1) is 26.6. The molecule has 37 heavy (non-hydrogen) atoms. The molecule has 0 aromatic heterocycles. The van der Waals surface area contributed by atoms with Crippen LogP contribution in [-0.4, -0.2) is 43.4 Å². The lowest BCUT2D eigenvalue weighted by Gasteiger charge is -2.31. The monoisotopic (exact) mass is 519 g/mol. The van der Waals surface area contributed by atoms with Crippen molar-refractivity contribution in [3.05, 3.63) is 102 Å². The SMILES string of the molecule is O=C(NCc1ccccc1)c1ccccc1NC(=O)[C@H]1CCCN(S(=O)(=O)CCCc2ccccc2)C1. The van der Waals surface area contributed by atoms with Crippen LogP contribution in [0.3, 0.4) is 0 Å². The van der Waals surface area contributed by atoms with Gasteiger partial charge in [0.2, 0.25) is 15.9 Å². The van der Waals surface area contributed by atoms with E-state index in [4.69, 9.17) is 0 Å². The average molecular weight is 520 g/mol. The molecule has 0 aliphatic carbocycles. The predicted molar refractivity (Wildman–Crippen MR) is 146 cm³/mol. The minimum absolute atomic E-state index is 0.0562. The molecule has 2 amide bonds. The number of carbonyl (C=O) groups is 2. The molecule has 1 aliphatic heterocycles. The number of carbonyl (C=O) groups excluding carboxylic acids is 2. The molecule has 4 rings (SSSR count). The quantitative estimate of drug-likeness (QED) is 0.419. The number of hydrogen-bond acceptors (Lipinski definition) is 4. The Bertz CT molecular complexity index is 1300. The Balaban J connectivity index is 1.34. The maximum Gasteiger partial charge on any atom is 0.253 e. The number of anilines is 1. The van der Waals surface area contributed by atoms with Crippen molar-refractivity contribution in [2.45, 2.75) is 32.2 Å². The van der Waals surface area contributed by atoms with Crippen molar-refractivity contribution in [3.8, 4) is 0 Å². The van der Waals surface area contributed by atoms with Crippen LogP contribution in [0.5, 0.6) is 0 Å². The van der Waals surface area contributed by atoms with Gasteiger partial charge in [0.1, 0.15) is 0 Å². The average Bonchev–Trinajstić information content (AvgIpc) is 2.93. The molecular formula is C29H33N3O4S. The van der Waals surface area contributed by atoms with E-state index in [1.165, 1.54) is 4.31 Å². The zero-order valence-electron chi connectivity index (χ0n) is 20.8. The Morgan fingerprint density at radius 2 is 1.51 bits per heavy atom. The van der Waals surface area contributed by atoms with Gasteiger partial charge in [-0.05, 0) is 48.9 Å². The number of amides is 2. The summed E-state index contributed by atoms with van der Waals surface area (Å²) >= 11 is 0. The van der Waals surface area contributed by atoms with Crippen LogP contribution in [0.15, 0.2) is 84.9 Å². The molecule has 0 radical (unpaired) electrons. The topological polar surface area (TPSA) is 95.6 Å². The molecule has 1 saturated heterocycles. The van der Waals surface area contributed by atoms with Gasteiger partial charge in [0.05, 0.1) is 22.9 Å². The Kier molecular flexibility index (Phi) is 9.09. The summed E-state index contributed by atoms with van der Waals surface area (Å²) in [5, 5.41) is 5.76. The highest BCUT2D eigenvalue weighted by atomic mass is 32.2. The van der Waals surface area contributed by atoms with Gasteiger partial charge in [0.25, 0.3) is 5.91 Å². The number of nitrogens with zero attached hydrogens (tertiary/aromatic N) is 1. The van der Waals surface area contributed by atoms with Gasteiger partial charge in [0, 0.05) is 19.6 Å². The Labute approximate surface area is 218 Å². The van der Waals surface area contributed by atoms with Crippen LogP contribution in [0.1, 0.15) is 40.7 Å². The van der Waals surface area contributed by atoms with E-state index in [2.05, 4.69) is 10.6 Å². The van der Waals surface area contributed by atoms with Crippen LogP contribution in [-0.2, 0) is 27.8 Å². The van der Waals surface area contributed by atoms with Crippen molar-refractivity contribution in [2.75, 3.05) is 24.2 Å². The summed E-state index contributed by atoms with van der Waals surface area (Å²) in [4.78, 5) is 26.0. The summed E-state index contributed by atoms with van der Waals surface area (Å²) in [6, 6.07) is 26.3. The smallest absolute Gasteiger partial charge is 0.253 e. The third-order valence-corrected chi connectivity index (χ3v) is 8.51. The third kappa shape index (κ3) is 7.50. The molecule has 194 valence electrons. The predicted octanol–water partition coefficient (Wildman–Crippen LogP) is 4.23. The molecule has 1 fully saturated rings. The molecular weight excluding hydrogens is 486 g/mol. The number of sulfonamides is 1. The molecule has 2 N–H and O–H groups in total. The van der Waals surface area contributed by atoms with E-state index in [9.17, 15) is 18.0 Å². The molecule has 7 nitrogen and oxygen atoms in total. The summed E-state index contributed by atoms with van der Waals surface area (Å²) in [5.74, 6) is -0.975. The fraction of sp³-hybridized carbons (Fsp3) is 0.310. The molecule has 3 aromatic carbocycles. The van der Waals surface area contributed by atoms with Gasteiger partial charge in [-0.3, -0.25) is 9.59 Å². The molecule has 1 atom stereocenters. The highest BCUT2D eigenvalue weighted by Crippen LogP contribution is 2.23. The minimum Gasteiger partial charge on any atom is -0.348 e. The van der Waals surface area contributed by atoms with E-state index < -0.39 is 15.9 Å². The lowest BCUT2D eigenvalue weighted by Crippen LogP contribution is -2.44.